The third-order valence-electron chi connectivity index (χ3n) is 3.10. The lowest BCUT2D eigenvalue weighted by molar-refractivity contribution is 0.355. The number of ether oxygens (including phenoxy) is 2. The van der Waals surface area contributed by atoms with Gasteiger partial charge in [-0.3, -0.25) is 0 Å². The third-order valence-corrected chi connectivity index (χ3v) is 3.10. The third kappa shape index (κ3) is 2.64. The fraction of sp³-hybridized carbons (Fsp3) is 0.538. The predicted octanol–water partition coefficient (Wildman–Crippen LogP) is 1.50. The maximum Gasteiger partial charge on any atom is 0.162 e. The second-order valence-electron chi connectivity index (χ2n) is 4.34. The van der Waals surface area contributed by atoms with Crippen molar-refractivity contribution in [3.63, 3.8) is 0 Å². The van der Waals surface area contributed by atoms with E-state index >= 15 is 0 Å². The molecule has 2 rings (SSSR count). The molecular formula is C13H20N2O2. The van der Waals surface area contributed by atoms with Gasteiger partial charge in [-0.25, -0.2) is 0 Å². The minimum Gasteiger partial charge on any atom is -0.493 e. The van der Waals surface area contributed by atoms with E-state index in [1.165, 1.54) is 5.69 Å². The first-order chi connectivity index (χ1) is 8.24. The average molecular weight is 236 g/mol. The second-order valence-corrected chi connectivity index (χ2v) is 4.34. The summed E-state index contributed by atoms with van der Waals surface area (Å²) in [6.07, 6.45) is 0. The maximum absolute atomic E-state index is 5.33. The van der Waals surface area contributed by atoms with Gasteiger partial charge in [0, 0.05) is 37.4 Å². The number of nitrogens with zero attached hydrogens (tertiary/aromatic N) is 1. The molecule has 1 saturated heterocycles. The molecule has 1 aliphatic heterocycles. The summed E-state index contributed by atoms with van der Waals surface area (Å²) < 4.78 is 10.6. The molecule has 0 amide bonds. The van der Waals surface area contributed by atoms with Gasteiger partial charge in [0.2, 0.25) is 0 Å². The van der Waals surface area contributed by atoms with E-state index in [1.807, 2.05) is 12.1 Å². The molecule has 0 radical (unpaired) electrons. The molecule has 1 N–H and O–H groups in total. The smallest absolute Gasteiger partial charge is 0.162 e. The standard InChI is InChI=1S/C13H20N2O2/c1-10-9-15(7-6-14-10)11-4-5-12(16-2)13(8-11)17-3/h4-5,8,10,14H,6-7,9H2,1-3H3/t10-/m1/s1. The van der Waals surface area contributed by atoms with Gasteiger partial charge in [0.15, 0.2) is 11.5 Å². The number of piperazine rings is 1. The number of methoxy groups -OCH3 is 2. The minimum atomic E-state index is 0.525. The van der Waals surface area contributed by atoms with Crippen molar-refractivity contribution in [2.24, 2.45) is 0 Å². The maximum atomic E-state index is 5.33. The van der Waals surface area contributed by atoms with Gasteiger partial charge in [0.05, 0.1) is 14.2 Å². The van der Waals surface area contributed by atoms with Gasteiger partial charge in [-0.05, 0) is 19.1 Å². The van der Waals surface area contributed by atoms with E-state index in [0.29, 0.717) is 6.04 Å². The zero-order valence-electron chi connectivity index (χ0n) is 10.7. The lowest BCUT2D eigenvalue weighted by atomic mass is 10.2. The van der Waals surface area contributed by atoms with Crippen LogP contribution in [0.3, 0.4) is 0 Å². The lowest BCUT2D eigenvalue weighted by Crippen LogP contribution is -2.49. The van der Waals surface area contributed by atoms with E-state index < -0.39 is 0 Å². The fourth-order valence-corrected chi connectivity index (χ4v) is 2.19. The molecule has 1 heterocycles. The Labute approximate surface area is 103 Å². The number of nitrogens with one attached hydrogen (secondary N) is 1. The fourth-order valence-electron chi connectivity index (χ4n) is 2.19. The van der Waals surface area contributed by atoms with E-state index in [4.69, 9.17) is 9.47 Å². The summed E-state index contributed by atoms with van der Waals surface area (Å²) in [6.45, 7) is 5.28. The molecule has 4 nitrogen and oxygen atoms in total. The van der Waals surface area contributed by atoms with Crippen molar-refractivity contribution in [3.8, 4) is 11.5 Å². The van der Waals surface area contributed by atoms with Gasteiger partial charge >= 0.3 is 0 Å². The molecule has 4 heteroatoms. The Morgan fingerprint density at radius 1 is 1.24 bits per heavy atom. The van der Waals surface area contributed by atoms with Crippen molar-refractivity contribution in [2.45, 2.75) is 13.0 Å². The molecule has 0 bridgehead atoms. The zero-order valence-corrected chi connectivity index (χ0v) is 10.7. The summed E-state index contributed by atoms with van der Waals surface area (Å²) in [5.41, 5.74) is 1.19. The quantitative estimate of drug-likeness (QED) is 0.862. The van der Waals surface area contributed by atoms with Crippen molar-refractivity contribution in [1.82, 2.24) is 5.32 Å². The van der Waals surface area contributed by atoms with Crippen molar-refractivity contribution in [3.05, 3.63) is 18.2 Å². The van der Waals surface area contributed by atoms with E-state index in [2.05, 4.69) is 23.2 Å². The summed E-state index contributed by atoms with van der Waals surface area (Å²) in [5.74, 6) is 1.57. The van der Waals surface area contributed by atoms with Gasteiger partial charge in [-0.15, -0.1) is 0 Å². The minimum absolute atomic E-state index is 0.525. The van der Waals surface area contributed by atoms with Crippen LogP contribution in [0.5, 0.6) is 11.5 Å². The van der Waals surface area contributed by atoms with Crippen LogP contribution in [0.25, 0.3) is 0 Å². The number of benzene rings is 1. The highest BCUT2D eigenvalue weighted by Gasteiger charge is 2.17. The van der Waals surface area contributed by atoms with Gasteiger partial charge in [0.1, 0.15) is 0 Å². The van der Waals surface area contributed by atoms with Crippen LogP contribution in [0, 0.1) is 0 Å². The van der Waals surface area contributed by atoms with Crippen molar-refractivity contribution in [2.75, 3.05) is 38.8 Å². The Morgan fingerprint density at radius 2 is 2.00 bits per heavy atom. The highest BCUT2D eigenvalue weighted by atomic mass is 16.5. The van der Waals surface area contributed by atoms with Gasteiger partial charge in [-0.1, -0.05) is 0 Å². The monoisotopic (exact) mass is 236 g/mol. The van der Waals surface area contributed by atoms with Crippen molar-refractivity contribution in [1.29, 1.82) is 0 Å². The molecule has 1 aliphatic rings. The summed E-state index contributed by atoms with van der Waals surface area (Å²) in [4.78, 5) is 2.36. The summed E-state index contributed by atoms with van der Waals surface area (Å²) in [6, 6.07) is 6.61. The van der Waals surface area contributed by atoms with Crippen LogP contribution < -0.4 is 19.7 Å². The molecule has 1 fully saturated rings. The van der Waals surface area contributed by atoms with E-state index in [0.717, 1.165) is 31.1 Å². The number of rotatable bonds is 3. The normalized spacial score (nSPS) is 20.2. The molecule has 94 valence electrons. The van der Waals surface area contributed by atoms with Crippen molar-refractivity contribution >= 4 is 5.69 Å². The number of hydrogen-bond donors (Lipinski definition) is 1. The Hall–Kier alpha value is -1.42. The molecule has 0 saturated carbocycles. The largest absolute Gasteiger partial charge is 0.493 e. The van der Waals surface area contributed by atoms with Crippen molar-refractivity contribution < 1.29 is 9.47 Å². The lowest BCUT2D eigenvalue weighted by Gasteiger charge is -2.33. The highest BCUT2D eigenvalue weighted by Crippen LogP contribution is 2.31. The molecule has 0 spiro atoms. The number of hydrogen-bond acceptors (Lipinski definition) is 4. The zero-order chi connectivity index (χ0) is 12.3. The van der Waals surface area contributed by atoms with Gasteiger partial charge < -0.3 is 19.7 Å². The molecule has 1 aromatic rings. The first-order valence-electron chi connectivity index (χ1n) is 5.95. The highest BCUT2D eigenvalue weighted by molar-refractivity contribution is 5.56. The van der Waals surface area contributed by atoms with Crippen LogP contribution >= 0.6 is 0 Å². The van der Waals surface area contributed by atoms with E-state index in [-0.39, 0.29) is 0 Å². The van der Waals surface area contributed by atoms with Crippen LogP contribution in [0.15, 0.2) is 18.2 Å². The molecule has 0 unspecified atom stereocenters. The van der Waals surface area contributed by atoms with E-state index in [9.17, 15) is 0 Å². The summed E-state index contributed by atoms with van der Waals surface area (Å²) >= 11 is 0. The predicted molar refractivity (Wildman–Crippen MR) is 69.2 cm³/mol. The Kier molecular flexibility index (Phi) is 3.74. The van der Waals surface area contributed by atoms with Crippen LogP contribution in [-0.2, 0) is 0 Å². The SMILES string of the molecule is COc1ccc(N2CCN[C@H](C)C2)cc1OC. The topological polar surface area (TPSA) is 33.7 Å². The molecule has 0 aromatic heterocycles. The van der Waals surface area contributed by atoms with Crippen LogP contribution in [0.2, 0.25) is 0 Å². The first-order valence-corrected chi connectivity index (χ1v) is 5.95. The Bertz CT molecular complexity index is 382. The van der Waals surface area contributed by atoms with Gasteiger partial charge in [-0.2, -0.15) is 0 Å². The molecule has 1 atom stereocenters. The summed E-state index contributed by atoms with van der Waals surface area (Å²) in [7, 11) is 3.33. The number of anilines is 1. The Balaban J connectivity index is 2.20. The molecular weight excluding hydrogens is 216 g/mol. The average Bonchev–Trinajstić information content (AvgIpc) is 2.38. The van der Waals surface area contributed by atoms with Crippen LogP contribution in [0.1, 0.15) is 6.92 Å². The summed E-state index contributed by atoms with van der Waals surface area (Å²) in [5, 5.41) is 3.44. The second kappa shape index (κ2) is 5.27. The molecule has 1 aromatic carbocycles. The van der Waals surface area contributed by atoms with E-state index in [1.54, 1.807) is 14.2 Å². The van der Waals surface area contributed by atoms with Crippen LogP contribution in [0.4, 0.5) is 5.69 Å². The molecule has 0 aliphatic carbocycles. The van der Waals surface area contributed by atoms with Crippen LogP contribution in [-0.4, -0.2) is 39.9 Å². The molecule has 17 heavy (non-hydrogen) atoms. The van der Waals surface area contributed by atoms with Gasteiger partial charge in [0.25, 0.3) is 0 Å². The Morgan fingerprint density at radius 3 is 2.65 bits per heavy atom. The first kappa shape index (κ1) is 12.0.